The molecule has 0 aromatic heterocycles. The molecular formula is C26H35N5O4. The standard InChI is InChI=1S/C26H35N5O4/c1-3-4-12-27-24(32)19-30-13-15-31(16-14-30)26(28-18-20-6-5-7-23(17-20)35-2)29-22-10-8-21(9-11-22)25(33)34/h5-11,17H,3-4,12-16,18-19H2,1-2H3,(H,27,32)(H,28,29)(H,33,34). The van der Waals surface area contributed by atoms with Gasteiger partial charge in [-0.3, -0.25) is 9.69 Å². The number of unbranched alkanes of at least 4 members (excludes halogenated alkanes) is 1. The van der Waals surface area contributed by atoms with E-state index in [0.29, 0.717) is 19.0 Å². The van der Waals surface area contributed by atoms with E-state index in [4.69, 9.17) is 14.8 Å². The number of methoxy groups -OCH3 is 1. The molecule has 1 aliphatic rings. The van der Waals surface area contributed by atoms with Crippen LogP contribution in [0.25, 0.3) is 0 Å². The van der Waals surface area contributed by atoms with Crippen LogP contribution in [0.2, 0.25) is 0 Å². The van der Waals surface area contributed by atoms with Crippen LogP contribution in [0.3, 0.4) is 0 Å². The summed E-state index contributed by atoms with van der Waals surface area (Å²) in [4.78, 5) is 32.5. The van der Waals surface area contributed by atoms with E-state index in [1.807, 2.05) is 24.3 Å². The Morgan fingerprint density at radius 2 is 1.83 bits per heavy atom. The third kappa shape index (κ3) is 8.29. The van der Waals surface area contributed by atoms with Gasteiger partial charge >= 0.3 is 5.97 Å². The number of aromatic carboxylic acids is 1. The van der Waals surface area contributed by atoms with Crippen molar-refractivity contribution in [3.63, 3.8) is 0 Å². The van der Waals surface area contributed by atoms with Crippen LogP contribution in [0, 0.1) is 0 Å². The summed E-state index contributed by atoms with van der Waals surface area (Å²) in [5, 5.41) is 15.5. The van der Waals surface area contributed by atoms with E-state index in [2.05, 4.69) is 27.4 Å². The number of ether oxygens (including phenoxy) is 1. The van der Waals surface area contributed by atoms with Crippen LogP contribution in [-0.2, 0) is 11.3 Å². The SMILES string of the molecule is CCCCNC(=O)CN1CCN(C(=NCc2cccc(OC)c2)Nc2ccc(C(=O)O)cc2)CC1. The fourth-order valence-electron chi connectivity index (χ4n) is 3.76. The Morgan fingerprint density at radius 1 is 1.09 bits per heavy atom. The highest BCUT2D eigenvalue weighted by molar-refractivity contribution is 5.94. The molecule has 35 heavy (non-hydrogen) atoms. The molecule has 1 aliphatic heterocycles. The molecule has 0 aliphatic carbocycles. The van der Waals surface area contributed by atoms with E-state index >= 15 is 0 Å². The summed E-state index contributed by atoms with van der Waals surface area (Å²) in [6.45, 7) is 6.63. The first-order valence-corrected chi connectivity index (χ1v) is 12.0. The number of guanidine groups is 1. The minimum absolute atomic E-state index is 0.0652. The summed E-state index contributed by atoms with van der Waals surface area (Å²) in [7, 11) is 1.64. The number of carboxylic acid groups (broad SMARTS) is 1. The van der Waals surface area contributed by atoms with E-state index in [9.17, 15) is 9.59 Å². The van der Waals surface area contributed by atoms with Gasteiger partial charge < -0.3 is 25.4 Å². The molecule has 2 aromatic rings. The molecule has 3 rings (SSSR count). The van der Waals surface area contributed by atoms with Crippen LogP contribution in [-0.4, -0.2) is 79.1 Å². The predicted octanol–water partition coefficient (Wildman–Crippen LogP) is 2.90. The zero-order valence-corrected chi connectivity index (χ0v) is 20.5. The molecule has 188 valence electrons. The number of carboxylic acids is 1. The number of carbonyl (C=O) groups is 2. The topological polar surface area (TPSA) is 107 Å². The number of rotatable bonds is 10. The number of piperazine rings is 1. The van der Waals surface area contributed by atoms with Gasteiger partial charge in [-0.1, -0.05) is 25.5 Å². The molecule has 3 N–H and O–H groups in total. The molecule has 0 atom stereocenters. The monoisotopic (exact) mass is 481 g/mol. The number of hydrogen-bond donors (Lipinski definition) is 3. The first-order valence-electron chi connectivity index (χ1n) is 12.0. The fraction of sp³-hybridized carbons (Fsp3) is 0.423. The van der Waals surface area contributed by atoms with Crippen LogP contribution in [0.15, 0.2) is 53.5 Å². The highest BCUT2D eigenvalue weighted by Crippen LogP contribution is 2.15. The zero-order valence-electron chi connectivity index (χ0n) is 20.5. The highest BCUT2D eigenvalue weighted by Gasteiger charge is 2.21. The zero-order chi connectivity index (χ0) is 25.0. The average molecular weight is 482 g/mol. The molecule has 0 radical (unpaired) electrons. The molecule has 0 bridgehead atoms. The van der Waals surface area contributed by atoms with Crippen molar-refractivity contribution in [1.29, 1.82) is 0 Å². The molecule has 1 heterocycles. The fourth-order valence-corrected chi connectivity index (χ4v) is 3.76. The summed E-state index contributed by atoms with van der Waals surface area (Å²) < 4.78 is 5.32. The molecule has 0 spiro atoms. The Hall–Kier alpha value is -3.59. The smallest absolute Gasteiger partial charge is 0.335 e. The first kappa shape index (κ1) is 26.0. The maximum Gasteiger partial charge on any atom is 0.335 e. The summed E-state index contributed by atoms with van der Waals surface area (Å²) in [6.07, 6.45) is 2.05. The van der Waals surface area contributed by atoms with Crippen molar-refractivity contribution in [3.05, 3.63) is 59.7 Å². The molecule has 1 fully saturated rings. The second-order valence-electron chi connectivity index (χ2n) is 8.47. The van der Waals surface area contributed by atoms with Gasteiger partial charge in [0.15, 0.2) is 5.96 Å². The van der Waals surface area contributed by atoms with E-state index in [0.717, 1.165) is 62.6 Å². The Kier molecular flexibility index (Phi) is 9.92. The minimum atomic E-state index is -0.960. The number of aliphatic imine (C=N–C) groups is 1. The Balaban J connectivity index is 1.67. The predicted molar refractivity (Wildman–Crippen MR) is 137 cm³/mol. The van der Waals surface area contributed by atoms with Gasteiger partial charge in [-0.15, -0.1) is 0 Å². The molecular weight excluding hydrogens is 446 g/mol. The lowest BCUT2D eigenvalue weighted by Crippen LogP contribution is -2.52. The lowest BCUT2D eigenvalue weighted by molar-refractivity contribution is -0.122. The van der Waals surface area contributed by atoms with Crippen molar-refractivity contribution >= 4 is 23.5 Å². The number of benzene rings is 2. The number of amides is 1. The summed E-state index contributed by atoms with van der Waals surface area (Å²) in [6, 6.07) is 14.4. The first-order chi connectivity index (χ1) is 17.0. The minimum Gasteiger partial charge on any atom is -0.497 e. The van der Waals surface area contributed by atoms with Crippen LogP contribution < -0.4 is 15.4 Å². The van der Waals surface area contributed by atoms with Gasteiger partial charge in [0, 0.05) is 38.4 Å². The van der Waals surface area contributed by atoms with Crippen LogP contribution in [0.1, 0.15) is 35.7 Å². The quantitative estimate of drug-likeness (QED) is 0.272. The summed E-state index contributed by atoms with van der Waals surface area (Å²) in [5.74, 6) is 0.596. The van der Waals surface area contributed by atoms with Gasteiger partial charge in [0.05, 0.1) is 25.8 Å². The number of nitrogens with zero attached hydrogens (tertiary/aromatic N) is 3. The highest BCUT2D eigenvalue weighted by atomic mass is 16.5. The average Bonchev–Trinajstić information content (AvgIpc) is 2.87. The van der Waals surface area contributed by atoms with Crippen molar-refractivity contribution in [3.8, 4) is 5.75 Å². The maximum absolute atomic E-state index is 12.2. The van der Waals surface area contributed by atoms with Crippen molar-refractivity contribution in [2.45, 2.75) is 26.3 Å². The molecule has 2 aromatic carbocycles. The Bertz CT molecular complexity index is 1000. The second kappa shape index (κ2) is 13.3. The van der Waals surface area contributed by atoms with E-state index in [-0.39, 0.29) is 11.5 Å². The Labute approximate surface area is 206 Å². The third-order valence-electron chi connectivity index (χ3n) is 5.83. The maximum atomic E-state index is 12.2. The van der Waals surface area contributed by atoms with Crippen molar-refractivity contribution in [1.82, 2.24) is 15.1 Å². The van der Waals surface area contributed by atoms with Gasteiger partial charge in [-0.2, -0.15) is 0 Å². The summed E-state index contributed by atoms with van der Waals surface area (Å²) >= 11 is 0. The van der Waals surface area contributed by atoms with Crippen LogP contribution in [0.5, 0.6) is 5.75 Å². The van der Waals surface area contributed by atoms with Crippen molar-refractivity contribution in [2.75, 3.05) is 51.7 Å². The Morgan fingerprint density at radius 3 is 2.49 bits per heavy atom. The van der Waals surface area contributed by atoms with E-state index < -0.39 is 5.97 Å². The van der Waals surface area contributed by atoms with Crippen LogP contribution in [0.4, 0.5) is 5.69 Å². The molecule has 0 saturated carbocycles. The number of hydrogen-bond acceptors (Lipinski definition) is 5. The largest absolute Gasteiger partial charge is 0.497 e. The normalized spacial score (nSPS) is 14.5. The van der Waals surface area contributed by atoms with Gasteiger partial charge in [-0.25, -0.2) is 9.79 Å². The lowest BCUT2D eigenvalue weighted by atomic mass is 10.2. The number of nitrogens with one attached hydrogen (secondary N) is 2. The van der Waals surface area contributed by atoms with Gasteiger partial charge in [0.2, 0.25) is 5.91 Å². The van der Waals surface area contributed by atoms with E-state index in [1.54, 1.807) is 31.4 Å². The van der Waals surface area contributed by atoms with Crippen LogP contribution >= 0.6 is 0 Å². The molecule has 9 nitrogen and oxygen atoms in total. The molecule has 9 heteroatoms. The van der Waals surface area contributed by atoms with Crippen molar-refractivity contribution in [2.24, 2.45) is 4.99 Å². The summed E-state index contributed by atoms with van der Waals surface area (Å²) in [5.41, 5.74) is 2.01. The molecule has 1 saturated heterocycles. The van der Waals surface area contributed by atoms with E-state index in [1.165, 1.54) is 0 Å². The molecule has 1 amide bonds. The number of carbonyl (C=O) groups excluding carboxylic acids is 1. The second-order valence-corrected chi connectivity index (χ2v) is 8.47. The van der Waals surface area contributed by atoms with Gasteiger partial charge in [0.1, 0.15) is 5.75 Å². The third-order valence-corrected chi connectivity index (χ3v) is 5.83. The van der Waals surface area contributed by atoms with Gasteiger partial charge in [0.25, 0.3) is 0 Å². The lowest BCUT2D eigenvalue weighted by Gasteiger charge is -2.36. The number of anilines is 1. The molecule has 0 unspecified atom stereocenters. The van der Waals surface area contributed by atoms with Crippen molar-refractivity contribution < 1.29 is 19.4 Å². The van der Waals surface area contributed by atoms with Gasteiger partial charge in [-0.05, 0) is 48.4 Å².